The second-order valence-corrected chi connectivity index (χ2v) is 6.40. The second-order valence-electron chi connectivity index (χ2n) is 6.40. The summed E-state index contributed by atoms with van der Waals surface area (Å²) < 4.78 is 10.3. The smallest absolute Gasteiger partial charge is 0.407 e. The fraction of sp³-hybridized carbons (Fsp3) is 0.130. The molecule has 0 aliphatic carbocycles. The summed E-state index contributed by atoms with van der Waals surface area (Å²) in [5.41, 5.74) is 8.50. The van der Waals surface area contributed by atoms with Crippen LogP contribution in [0, 0.1) is 0 Å². The molecule has 0 aliphatic rings. The summed E-state index contributed by atoms with van der Waals surface area (Å²) in [6, 6.07) is 23.4. The van der Waals surface area contributed by atoms with Crippen molar-refractivity contribution in [2.75, 3.05) is 24.3 Å². The van der Waals surface area contributed by atoms with Crippen LogP contribution in [0.5, 0.6) is 5.75 Å². The summed E-state index contributed by atoms with van der Waals surface area (Å²) in [4.78, 5) is 26.5. The van der Waals surface area contributed by atoms with Gasteiger partial charge in [0.25, 0.3) is 5.91 Å². The average Bonchev–Trinajstić information content (AvgIpc) is 2.79. The SMILES string of the molecule is COc1ccc(N(C(=O)CNC(=O)OCc2ccccc2)c2ccccc2)c(N)c1. The second kappa shape index (κ2) is 9.97. The monoisotopic (exact) mass is 405 g/mol. The molecular weight excluding hydrogens is 382 g/mol. The third kappa shape index (κ3) is 5.29. The predicted octanol–water partition coefficient (Wildman–Crippen LogP) is 3.87. The average molecular weight is 405 g/mol. The van der Waals surface area contributed by atoms with Crippen molar-refractivity contribution in [3.8, 4) is 5.75 Å². The zero-order valence-corrected chi connectivity index (χ0v) is 16.6. The van der Waals surface area contributed by atoms with Gasteiger partial charge in [-0.05, 0) is 29.8 Å². The zero-order valence-electron chi connectivity index (χ0n) is 16.6. The van der Waals surface area contributed by atoms with Gasteiger partial charge in [0.15, 0.2) is 0 Å². The highest BCUT2D eigenvalue weighted by atomic mass is 16.5. The van der Waals surface area contributed by atoms with Crippen molar-refractivity contribution in [3.63, 3.8) is 0 Å². The molecule has 0 aliphatic heterocycles. The number of ether oxygens (including phenoxy) is 2. The number of hydrogen-bond donors (Lipinski definition) is 2. The Kier molecular flexibility index (Phi) is 6.89. The molecule has 0 saturated carbocycles. The number of rotatable bonds is 7. The first-order chi connectivity index (χ1) is 14.6. The first-order valence-corrected chi connectivity index (χ1v) is 9.34. The quantitative estimate of drug-likeness (QED) is 0.582. The van der Waals surface area contributed by atoms with E-state index in [1.54, 1.807) is 37.4 Å². The van der Waals surface area contributed by atoms with E-state index in [0.717, 1.165) is 5.56 Å². The normalized spacial score (nSPS) is 10.2. The van der Waals surface area contributed by atoms with Gasteiger partial charge in [0.2, 0.25) is 0 Å². The Balaban J connectivity index is 1.71. The third-order valence-electron chi connectivity index (χ3n) is 4.34. The van der Waals surface area contributed by atoms with Crippen LogP contribution in [0.15, 0.2) is 78.9 Å². The van der Waals surface area contributed by atoms with Crippen LogP contribution in [0.4, 0.5) is 21.9 Å². The van der Waals surface area contributed by atoms with Gasteiger partial charge in [0, 0.05) is 11.8 Å². The van der Waals surface area contributed by atoms with E-state index in [-0.39, 0.29) is 19.1 Å². The maximum atomic E-state index is 13.0. The minimum atomic E-state index is -0.678. The van der Waals surface area contributed by atoms with Crippen LogP contribution in [0.1, 0.15) is 5.56 Å². The van der Waals surface area contributed by atoms with Gasteiger partial charge in [-0.2, -0.15) is 0 Å². The summed E-state index contributed by atoms with van der Waals surface area (Å²) in [6.07, 6.45) is -0.678. The van der Waals surface area contributed by atoms with E-state index in [2.05, 4.69) is 5.32 Å². The number of methoxy groups -OCH3 is 1. The maximum absolute atomic E-state index is 13.0. The first kappa shape index (κ1) is 20.7. The highest BCUT2D eigenvalue weighted by Gasteiger charge is 2.21. The van der Waals surface area contributed by atoms with Gasteiger partial charge in [-0.1, -0.05) is 48.5 Å². The number of anilines is 3. The van der Waals surface area contributed by atoms with Crippen LogP contribution >= 0.6 is 0 Å². The molecule has 3 rings (SSSR count). The van der Waals surface area contributed by atoms with Crippen LogP contribution in [0.3, 0.4) is 0 Å². The van der Waals surface area contributed by atoms with E-state index < -0.39 is 6.09 Å². The van der Waals surface area contributed by atoms with Crippen molar-refractivity contribution in [1.29, 1.82) is 0 Å². The molecule has 0 unspecified atom stereocenters. The number of para-hydroxylation sites is 1. The minimum Gasteiger partial charge on any atom is -0.497 e. The molecule has 0 fully saturated rings. The van der Waals surface area contributed by atoms with E-state index in [4.69, 9.17) is 15.2 Å². The topological polar surface area (TPSA) is 93.9 Å². The van der Waals surface area contributed by atoms with Gasteiger partial charge in [0.05, 0.1) is 18.5 Å². The van der Waals surface area contributed by atoms with Gasteiger partial charge in [-0.15, -0.1) is 0 Å². The summed E-state index contributed by atoms with van der Waals surface area (Å²) in [6.45, 7) is -0.136. The molecule has 0 spiro atoms. The Morgan fingerprint density at radius 1 is 0.967 bits per heavy atom. The molecule has 0 atom stereocenters. The summed E-state index contributed by atoms with van der Waals surface area (Å²) in [7, 11) is 1.54. The Morgan fingerprint density at radius 3 is 2.27 bits per heavy atom. The van der Waals surface area contributed by atoms with Crippen LogP contribution in [-0.2, 0) is 16.1 Å². The Hall–Kier alpha value is -4.00. The Bertz CT molecular complexity index is 994. The van der Waals surface area contributed by atoms with Gasteiger partial charge in [0.1, 0.15) is 18.9 Å². The molecular formula is C23H23N3O4. The lowest BCUT2D eigenvalue weighted by molar-refractivity contribution is -0.117. The van der Waals surface area contributed by atoms with Crippen molar-refractivity contribution in [1.82, 2.24) is 5.32 Å². The third-order valence-corrected chi connectivity index (χ3v) is 4.34. The predicted molar refractivity (Wildman–Crippen MR) is 116 cm³/mol. The number of nitrogens with one attached hydrogen (secondary N) is 1. The number of nitrogens with two attached hydrogens (primary N) is 1. The van der Waals surface area contributed by atoms with Crippen LogP contribution < -0.4 is 20.7 Å². The molecule has 3 N–H and O–H groups in total. The molecule has 0 saturated heterocycles. The number of hydrogen-bond acceptors (Lipinski definition) is 5. The van der Waals surface area contributed by atoms with E-state index in [9.17, 15) is 9.59 Å². The lowest BCUT2D eigenvalue weighted by Gasteiger charge is -2.25. The first-order valence-electron chi connectivity index (χ1n) is 9.34. The summed E-state index contributed by atoms with van der Waals surface area (Å²) in [5, 5.41) is 2.50. The summed E-state index contributed by atoms with van der Waals surface area (Å²) >= 11 is 0. The maximum Gasteiger partial charge on any atom is 0.407 e. The largest absolute Gasteiger partial charge is 0.497 e. The highest BCUT2D eigenvalue weighted by molar-refractivity contribution is 6.04. The molecule has 0 aromatic heterocycles. The van der Waals surface area contributed by atoms with Crippen LogP contribution in [0.2, 0.25) is 0 Å². The Labute approximate surface area is 175 Å². The van der Waals surface area contributed by atoms with Crippen molar-refractivity contribution >= 4 is 29.1 Å². The van der Waals surface area contributed by atoms with Crippen molar-refractivity contribution in [3.05, 3.63) is 84.4 Å². The molecule has 30 heavy (non-hydrogen) atoms. The number of nitrogen functional groups attached to an aromatic ring is 1. The molecule has 7 nitrogen and oxygen atoms in total. The van der Waals surface area contributed by atoms with E-state index in [1.807, 2.05) is 48.5 Å². The molecule has 0 heterocycles. The number of alkyl carbamates (subject to hydrolysis) is 1. The lowest BCUT2D eigenvalue weighted by atomic mass is 10.2. The molecule has 7 heteroatoms. The van der Waals surface area contributed by atoms with Gasteiger partial charge in [-0.3, -0.25) is 9.69 Å². The number of benzene rings is 3. The molecule has 0 bridgehead atoms. The standard InChI is InChI=1S/C23H23N3O4/c1-29-19-12-13-21(20(24)14-19)26(18-10-6-3-7-11-18)22(27)15-25-23(28)30-16-17-8-4-2-5-9-17/h2-14H,15-16,24H2,1H3,(H,25,28). The van der Waals surface area contributed by atoms with Gasteiger partial charge in [-0.25, -0.2) is 4.79 Å². The van der Waals surface area contributed by atoms with Crippen LogP contribution in [0.25, 0.3) is 0 Å². The number of carbonyl (C=O) groups is 2. The highest BCUT2D eigenvalue weighted by Crippen LogP contribution is 2.33. The number of nitrogens with zero attached hydrogens (tertiary/aromatic N) is 1. The Morgan fingerprint density at radius 2 is 1.63 bits per heavy atom. The fourth-order valence-electron chi connectivity index (χ4n) is 2.86. The molecule has 3 aromatic carbocycles. The van der Waals surface area contributed by atoms with Gasteiger partial charge < -0.3 is 20.5 Å². The fourth-order valence-corrected chi connectivity index (χ4v) is 2.86. The number of amides is 2. The van der Waals surface area contributed by atoms with Crippen LogP contribution in [-0.4, -0.2) is 25.7 Å². The minimum absolute atomic E-state index is 0.120. The zero-order chi connectivity index (χ0) is 21.3. The van der Waals surface area contributed by atoms with E-state index in [1.165, 1.54) is 4.90 Å². The number of carbonyl (C=O) groups excluding carboxylic acids is 2. The molecule has 0 radical (unpaired) electrons. The molecule has 2 amide bonds. The van der Waals surface area contributed by atoms with Crippen molar-refractivity contribution in [2.45, 2.75) is 6.61 Å². The molecule has 154 valence electrons. The van der Waals surface area contributed by atoms with Gasteiger partial charge >= 0.3 is 6.09 Å². The van der Waals surface area contributed by atoms with E-state index >= 15 is 0 Å². The molecule has 3 aromatic rings. The summed E-state index contributed by atoms with van der Waals surface area (Å²) in [5.74, 6) is 0.217. The van der Waals surface area contributed by atoms with E-state index in [0.29, 0.717) is 22.8 Å². The lowest BCUT2D eigenvalue weighted by Crippen LogP contribution is -2.38. The van der Waals surface area contributed by atoms with Crippen molar-refractivity contribution in [2.24, 2.45) is 0 Å². The van der Waals surface area contributed by atoms with Crippen molar-refractivity contribution < 1.29 is 19.1 Å².